The van der Waals surface area contributed by atoms with Crippen LogP contribution in [-0.4, -0.2) is 25.0 Å². The summed E-state index contributed by atoms with van der Waals surface area (Å²) in [5, 5.41) is 3.28. The van der Waals surface area contributed by atoms with Crippen LogP contribution in [0, 0.1) is 0 Å². The molecule has 0 aromatic heterocycles. The molecule has 0 spiro atoms. The summed E-state index contributed by atoms with van der Waals surface area (Å²) in [5.41, 5.74) is 7.36. The molecule has 0 heterocycles. The Labute approximate surface area is 161 Å². The number of hydrogen-bond donors (Lipinski definition) is 2. The number of rotatable bonds is 5. The van der Waals surface area contributed by atoms with E-state index in [2.05, 4.69) is 10.1 Å². The Hall–Kier alpha value is -1.79. The molecule has 1 unspecified atom stereocenters. The fourth-order valence-corrected chi connectivity index (χ4v) is 2.69. The van der Waals surface area contributed by atoms with Gasteiger partial charge in [0.2, 0.25) is 0 Å². The number of benzene rings is 2. The minimum Gasteiger partial charge on any atom is -0.468 e. The molecule has 0 fully saturated rings. The second-order valence-electron chi connectivity index (χ2n) is 5.08. The predicted octanol–water partition coefficient (Wildman–Crippen LogP) is 3.71. The molecule has 2 aromatic carbocycles. The van der Waals surface area contributed by atoms with Crippen LogP contribution in [-0.2, 0) is 16.0 Å². The molecule has 3 N–H and O–H groups in total. The third-order valence-corrected chi connectivity index (χ3v) is 3.99. The Morgan fingerprint density at radius 3 is 2.20 bits per heavy atom. The standard InChI is InChI=1S/C17H16Cl2N2O3.ClH/c1-24-17(23)14(20)9-10-5-7-11(8-6-10)21-16(22)15-12(18)3-2-4-13(15)19;/h2-8,14H,9,20H2,1H3,(H,21,22);1H. The molecule has 134 valence electrons. The van der Waals surface area contributed by atoms with Gasteiger partial charge in [-0.05, 0) is 36.2 Å². The molecule has 0 saturated heterocycles. The Morgan fingerprint density at radius 1 is 1.12 bits per heavy atom. The summed E-state index contributed by atoms with van der Waals surface area (Å²) in [7, 11) is 1.29. The van der Waals surface area contributed by atoms with E-state index in [1.807, 2.05) is 0 Å². The van der Waals surface area contributed by atoms with Crippen molar-refractivity contribution in [1.29, 1.82) is 0 Å². The zero-order valence-corrected chi connectivity index (χ0v) is 15.6. The van der Waals surface area contributed by atoms with Crippen LogP contribution in [0.3, 0.4) is 0 Å². The molecule has 0 saturated carbocycles. The van der Waals surface area contributed by atoms with Crippen LogP contribution in [0.4, 0.5) is 5.69 Å². The SMILES string of the molecule is COC(=O)C(N)Cc1ccc(NC(=O)c2c(Cl)cccc2Cl)cc1.Cl. The van der Waals surface area contributed by atoms with Gasteiger partial charge in [-0.3, -0.25) is 9.59 Å². The number of carbonyl (C=O) groups is 2. The van der Waals surface area contributed by atoms with E-state index in [4.69, 9.17) is 28.9 Å². The fraction of sp³-hybridized carbons (Fsp3) is 0.176. The number of halogens is 3. The number of ether oxygens (including phenoxy) is 1. The number of nitrogens with two attached hydrogens (primary N) is 1. The number of nitrogens with one attached hydrogen (secondary N) is 1. The van der Waals surface area contributed by atoms with E-state index in [0.717, 1.165) is 5.56 Å². The third-order valence-electron chi connectivity index (χ3n) is 3.36. The first-order chi connectivity index (χ1) is 11.4. The van der Waals surface area contributed by atoms with Crippen molar-refractivity contribution in [2.45, 2.75) is 12.5 Å². The zero-order chi connectivity index (χ0) is 17.7. The number of methoxy groups -OCH3 is 1. The van der Waals surface area contributed by atoms with Gasteiger partial charge in [0, 0.05) is 5.69 Å². The van der Waals surface area contributed by atoms with Crippen molar-refractivity contribution < 1.29 is 14.3 Å². The summed E-state index contributed by atoms with van der Waals surface area (Å²) in [6.07, 6.45) is 0.344. The number of carbonyl (C=O) groups excluding carboxylic acids is 2. The summed E-state index contributed by atoms with van der Waals surface area (Å²) in [6, 6.07) is 11.1. The van der Waals surface area contributed by atoms with Crippen LogP contribution in [0.25, 0.3) is 0 Å². The van der Waals surface area contributed by atoms with Gasteiger partial charge in [0.25, 0.3) is 5.91 Å². The second-order valence-corrected chi connectivity index (χ2v) is 5.90. The van der Waals surface area contributed by atoms with Crippen LogP contribution >= 0.6 is 35.6 Å². The Morgan fingerprint density at radius 2 is 1.68 bits per heavy atom. The van der Waals surface area contributed by atoms with Crippen molar-refractivity contribution in [3.05, 3.63) is 63.6 Å². The topological polar surface area (TPSA) is 81.4 Å². The lowest BCUT2D eigenvalue weighted by molar-refractivity contribution is -0.142. The van der Waals surface area contributed by atoms with Gasteiger partial charge in [-0.15, -0.1) is 12.4 Å². The summed E-state index contributed by atoms with van der Waals surface area (Å²) >= 11 is 12.0. The smallest absolute Gasteiger partial charge is 0.322 e. The summed E-state index contributed by atoms with van der Waals surface area (Å²) < 4.78 is 4.59. The van der Waals surface area contributed by atoms with Gasteiger partial charge >= 0.3 is 5.97 Å². The maximum atomic E-state index is 12.3. The van der Waals surface area contributed by atoms with Gasteiger partial charge in [-0.25, -0.2) is 0 Å². The van der Waals surface area contributed by atoms with Crippen molar-refractivity contribution in [3.8, 4) is 0 Å². The van der Waals surface area contributed by atoms with Gasteiger partial charge in [-0.1, -0.05) is 41.4 Å². The Kier molecular flexibility index (Phi) is 8.19. The van der Waals surface area contributed by atoms with Crippen LogP contribution in [0.2, 0.25) is 10.0 Å². The van der Waals surface area contributed by atoms with E-state index in [-0.39, 0.29) is 28.0 Å². The summed E-state index contributed by atoms with van der Waals surface area (Å²) in [6.45, 7) is 0. The van der Waals surface area contributed by atoms with Gasteiger partial charge < -0.3 is 15.8 Å². The molecular weight excluding hydrogens is 387 g/mol. The normalized spacial score (nSPS) is 11.2. The monoisotopic (exact) mass is 402 g/mol. The molecule has 0 bridgehead atoms. The average molecular weight is 404 g/mol. The van der Waals surface area contributed by atoms with Crippen LogP contribution < -0.4 is 11.1 Å². The van der Waals surface area contributed by atoms with Crippen LogP contribution in [0.1, 0.15) is 15.9 Å². The molecule has 0 radical (unpaired) electrons. The van der Waals surface area contributed by atoms with Gasteiger partial charge in [-0.2, -0.15) is 0 Å². The maximum absolute atomic E-state index is 12.3. The highest BCUT2D eigenvalue weighted by Crippen LogP contribution is 2.25. The van der Waals surface area contributed by atoms with Crippen molar-refractivity contribution in [1.82, 2.24) is 0 Å². The molecular formula is C17H17Cl3N2O3. The second kappa shape index (κ2) is 9.63. The molecule has 0 aliphatic rings. The van der Waals surface area contributed by atoms with E-state index in [1.54, 1.807) is 42.5 Å². The first-order valence-corrected chi connectivity index (χ1v) is 7.85. The quantitative estimate of drug-likeness (QED) is 0.746. The lowest BCUT2D eigenvalue weighted by Gasteiger charge is -2.11. The van der Waals surface area contributed by atoms with E-state index in [9.17, 15) is 9.59 Å². The highest BCUT2D eigenvalue weighted by atomic mass is 35.5. The number of esters is 1. The molecule has 5 nitrogen and oxygen atoms in total. The van der Waals surface area contributed by atoms with Gasteiger partial charge in [0.05, 0.1) is 22.7 Å². The molecule has 0 aliphatic carbocycles. The largest absolute Gasteiger partial charge is 0.468 e. The molecule has 25 heavy (non-hydrogen) atoms. The number of anilines is 1. The predicted molar refractivity (Wildman–Crippen MR) is 102 cm³/mol. The Bertz CT molecular complexity index is 731. The summed E-state index contributed by atoms with van der Waals surface area (Å²) in [5.74, 6) is -0.870. The molecule has 0 aliphatic heterocycles. The summed E-state index contributed by atoms with van der Waals surface area (Å²) in [4.78, 5) is 23.6. The van der Waals surface area contributed by atoms with Gasteiger partial charge in [0.1, 0.15) is 6.04 Å². The highest BCUT2D eigenvalue weighted by molar-refractivity contribution is 6.40. The molecule has 2 aromatic rings. The minimum atomic E-state index is -0.725. The minimum absolute atomic E-state index is 0. The van der Waals surface area contributed by atoms with E-state index < -0.39 is 17.9 Å². The average Bonchev–Trinajstić information content (AvgIpc) is 2.55. The zero-order valence-electron chi connectivity index (χ0n) is 13.3. The van der Waals surface area contributed by atoms with Crippen molar-refractivity contribution in [2.24, 2.45) is 5.73 Å². The number of amides is 1. The maximum Gasteiger partial charge on any atom is 0.322 e. The molecule has 8 heteroatoms. The fourth-order valence-electron chi connectivity index (χ4n) is 2.12. The molecule has 2 rings (SSSR count). The van der Waals surface area contributed by atoms with Crippen LogP contribution in [0.5, 0.6) is 0 Å². The van der Waals surface area contributed by atoms with Crippen LogP contribution in [0.15, 0.2) is 42.5 Å². The molecule has 1 atom stereocenters. The van der Waals surface area contributed by atoms with Crippen molar-refractivity contribution >= 4 is 53.2 Å². The first-order valence-electron chi connectivity index (χ1n) is 7.10. The third kappa shape index (κ3) is 5.61. The first kappa shape index (κ1) is 21.3. The lowest BCUT2D eigenvalue weighted by atomic mass is 10.1. The number of hydrogen-bond acceptors (Lipinski definition) is 4. The van der Waals surface area contributed by atoms with Crippen molar-refractivity contribution in [3.63, 3.8) is 0 Å². The van der Waals surface area contributed by atoms with E-state index in [1.165, 1.54) is 7.11 Å². The highest BCUT2D eigenvalue weighted by Gasteiger charge is 2.16. The van der Waals surface area contributed by atoms with E-state index in [0.29, 0.717) is 12.1 Å². The van der Waals surface area contributed by atoms with Crippen molar-refractivity contribution in [2.75, 3.05) is 12.4 Å². The lowest BCUT2D eigenvalue weighted by Crippen LogP contribution is -2.33. The molecule has 1 amide bonds. The van der Waals surface area contributed by atoms with Gasteiger partial charge in [0.15, 0.2) is 0 Å². The Balaban J connectivity index is 0.00000312. The van der Waals surface area contributed by atoms with E-state index >= 15 is 0 Å².